The fourth-order valence-corrected chi connectivity index (χ4v) is 3.38. The summed E-state index contributed by atoms with van der Waals surface area (Å²) in [4.78, 5) is 4.53. The van der Waals surface area contributed by atoms with Crippen molar-refractivity contribution in [3.05, 3.63) is 34.3 Å². The minimum Gasteiger partial charge on any atom is -0.397 e. The van der Waals surface area contributed by atoms with Crippen molar-refractivity contribution in [2.75, 3.05) is 25.1 Å². The number of sulfonamides is 1. The molecule has 2 rings (SSSR count). The van der Waals surface area contributed by atoms with Crippen molar-refractivity contribution in [3.63, 3.8) is 0 Å². The Kier molecular flexibility index (Phi) is 4.50. The highest BCUT2D eigenvalue weighted by Crippen LogP contribution is 2.24. The minimum absolute atomic E-state index is 0.181. The van der Waals surface area contributed by atoms with Gasteiger partial charge in [0.1, 0.15) is 5.01 Å². The average molecular weight is 326 g/mol. The number of thiazole rings is 1. The smallest absolute Gasteiger partial charge is 0.242 e. The van der Waals surface area contributed by atoms with E-state index < -0.39 is 10.0 Å². The summed E-state index contributed by atoms with van der Waals surface area (Å²) in [7, 11) is -0.488. The number of benzene rings is 1. The number of aryl methyl sites for hydroxylation is 1. The van der Waals surface area contributed by atoms with Crippen molar-refractivity contribution in [1.29, 1.82) is 0 Å². The number of nitrogens with one attached hydrogen (secondary N) is 1. The molecule has 2 aromatic rings. The molecule has 0 radical (unpaired) electrons. The number of nitrogens with zero attached hydrogens (tertiary/aromatic N) is 2. The number of nitrogen functional groups attached to an aromatic ring is 1. The highest BCUT2D eigenvalue weighted by Gasteiger charge is 2.18. The van der Waals surface area contributed by atoms with Crippen molar-refractivity contribution < 1.29 is 8.42 Å². The molecule has 0 spiro atoms. The zero-order valence-corrected chi connectivity index (χ0v) is 13.8. The van der Waals surface area contributed by atoms with Crippen LogP contribution in [0.4, 0.5) is 11.4 Å². The summed E-state index contributed by atoms with van der Waals surface area (Å²) in [6.45, 7) is 2.50. The standard InChI is InChI=1S/C13H18N4O2S2/c1-9-8-20-13(16-9)7-15-12-5-4-10(6-11(12)14)21(18,19)17(2)3/h4-6,8,15H,7,14H2,1-3H3. The molecule has 114 valence electrons. The van der Waals surface area contributed by atoms with Gasteiger partial charge in [-0.15, -0.1) is 11.3 Å². The van der Waals surface area contributed by atoms with Gasteiger partial charge in [-0.1, -0.05) is 0 Å². The summed E-state index contributed by atoms with van der Waals surface area (Å²) in [6.07, 6.45) is 0. The summed E-state index contributed by atoms with van der Waals surface area (Å²) in [5, 5.41) is 6.10. The lowest BCUT2D eigenvalue weighted by Crippen LogP contribution is -2.22. The fourth-order valence-electron chi connectivity index (χ4n) is 1.73. The van der Waals surface area contributed by atoms with Gasteiger partial charge in [0.05, 0.1) is 22.8 Å². The summed E-state index contributed by atoms with van der Waals surface area (Å²) < 4.78 is 25.2. The molecule has 0 aliphatic heterocycles. The molecule has 0 saturated carbocycles. The highest BCUT2D eigenvalue weighted by molar-refractivity contribution is 7.89. The van der Waals surface area contributed by atoms with Crippen LogP contribution in [0.5, 0.6) is 0 Å². The number of nitrogens with two attached hydrogens (primary N) is 1. The second-order valence-corrected chi connectivity index (χ2v) is 7.87. The van der Waals surface area contributed by atoms with E-state index in [9.17, 15) is 8.42 Å². The first-order valence-corrected chi connectivity index (χ1v) is 8.59. The third kappa shape index (κ3) is 3.52. The Morgan fingerprint density at radius 3 is 2.62 bits per heavy atom. The predicted octanol–water partition coefficient (Wildman–Crippen LogP) is 1.90. The van der Waals surface area contributed by atoms with E-state index in [-0.39, 0.29) is 4.90 Å². The molecule has 0 amide bonds. The predicted molar refractivity (Wildman–Crippen MR) is 85.9 cm³/mol. The number of hydrogen-bond donors (Lipinski definition) is 2. The zero-order chi connectivity index (χ0) is 15.6. The maximum atomic E-state index is 12.0. The fraction of sp³-hybridized carbons (Fsp3) is 0.308. The molecule has 1 heterocycles. The largest absolute Gasteiger partial charge is 0.397 e. The van der Waals surface area contributed by atoms with E-state index in [1.807, 2.05) is 12.3 Å². The average Bonchev–Trinajstić information content (AvgIpc) is 2.82. The number of anilines is 2. The van der Waals surface area contributed by atoms with Gasteiger partial charge >= 0.3 is 0 Å². The van der Waals surface area contributed by atoms with E-state index in [0.29, 0.717) is 17.9 Å². The number of hydrogen-bond acceptors (Lipinski definition) is 6. The Hall–Kier alpha value is -1.64. The van der Waals surface area contributed by atoms with Crippen LogP contribution in [0.3, 0.4) is 0 Å². The van der Waals surface area contributed by atoms with Gasteiger partial charge in [0, 0.05) is 25.2 Å². The molecule has 6 nitrogen and oxygen atoms in total. The Morgan fingerprint density at radius 2 is 2.10 bits per heavy atom. The van der Waals surface area contributed by atoms with Crippen LogP contribution >= 0.6 is 11.3 Å². The van der Waals surface area contributed by atoms with Crippen LogP contribution in [-0.2, 0) is 16.6 Å². The molecule has 0 bridgehead atoms. The summed E-state index contributed by atoms with van der Waals surface area (Å²) in [5.41, 5.74) is 8.00. The van der Waals surface area contributed by atoms with Crippen molar-refractivity contribution in [3.8, 4) is 0 Å². The van der Waals surface area contributed by atoms with Crippen LogP contribution in [0.15, 0.2) is 28.5 Å². The highest BCUT2D eigenvalue weighted by atomic mass is 32.2. The monoisotopic (exact) mass is 326 g/mol. The normalized spacial score (nSPS) is 11.8. The van der Waals surface area contributed by atoms with E-state index in [0.717, 1.165) is 15.0 Å². The van der Waals surface area contributed by atoms with E-state index in [1.54, 1.807) is 23.5 Å². The first-order valence-electron chi connectivity index (χ1n) is 6.27. The maximum absolute atomic E-state index is 12.0. The number of aromatic nitrogens is 1. The Bertz CT molecular complexity index is 738. The van der Waals surface area contributed by atoms with Gasteiger partial charge < -0.3 is 11.1 Å². The molecular formula is C13H18N4O2S2. The Balaban J connectivity index is 2.16. The van der Waals surface area contributed by atoms with Gasteiger partial charge in [0.25, 0.3) is 0 Å². The Labute approximate surface area is 128 Å². The molecule has 0 aliphatic carbocycles. The van der Waals surface area contributed by atoms with Gasteiger partial charge in [0.15, 0.2) is 0 Å². The zero-order valence-electron chi connectivity index (χ0n) is 12.1. The van der Waals surface area contributed by atoms with E-state index in [1.165, 1.54) is 20.2 Å². The molecule has 1 aromatic carbocycles. The van der Waals surface area contributed by atoms with Gasteiger partial charge in [-0.2, -0.15) is 0 Å². The lowest BCUT2D eigenvalue weighted by molar-refractivity contribution is 0.521. The van der Waals surface area contributed by atoms with Gasteiger partial charge in [0.2, 0.25) is 10.0 Å². The molecule has 0 fully saturated rings. The third-order valence-electron chi connectivity index (χ3n) is 2.90. The first kappa shape index (κ1) is 15.7. The van der Waals surface area contributed by atoms with Crippen molar-refractivity contribution in [1.82, 2.24) is 9.29 Å². The lowest BCUT2D eigenvalue weighted by Gasteiger charge is -2.14. The minimum atomic E-state index is -3.46. The van der Waals surface area contributed by atoms with Gasteiger partial charge in [-0.05, 0) is 25.1 Å². The number of rotatable bonds is 5. The molecule has 1 aromatic heterocycles. The summed E-state index contributed by atoms with van der Waals surface area (Å²) in [5.74, 6) is 0. The van der Waals surface area contributed by atoms with Crippen LogP contribution in [-0.4, -0.2) is 31.8 Å². The molecule has 3 N–H and O–H groups in total. The third-order valence-corrected chi connectivity index (χ3v) is 5.68. The molecular weight excluding hydrogens is 308 g/mol. The molecule has 8 heteroatoms. The molecule has 0 aliphatic rings. The summed E-state index contributed by atoms with van der Waals surface area (Å²) >= 11 is 1.57. The van der Waals surface area contributed by atoms with E-state index in [4.69, 9.17) is 5.73 Å². The van der Waals surface area contributed by atoms with Gasteiger partial charge in [-0.3, -0.25) is 0 Å². The van der Waals surface area contributed by atoms with Crippen LogP contribution in [0.25, 0.3) is 0 Å². The quantitative estimate of drug-likeness (QED) is 0.819. The van der Waals surface area contributed by atoms with E-state index >= 15 is 0 Å². The van der Waals surface area contributed by atoms with Crippen LogP contribution in [0.1, 0.15) is 10.7 Å². The molecule has 0 atom stereocenters. The Morgan fingerprint density at radius 1 is 1.38 bits per heavy atom. The lowest BCUT2D eigenvalue weighted by atomic mass is 10.2. The second kappa shape index (κ2) is 6.00. The molecule has 0 unspecified atom stereocenters. The molecule has 21 heavy (non-hydrogen) atoms. The van der Waals surface area contributed by atoms with Crippen LogP contribution in [0, 0.1) is 6.92 Å². The van der Waals surface area contributed by atoms with Gasteiger partial charge in [-0.25, -0.2) is 17.7 Å². The maximum Gasteiger partial charge on any atom is 0.242 e. The topological polar surface area (TPSA) is 88.3 Å². The second-order valence-electron chi connectivity index (χ2n) is 4.77. The van der Waals surface area contributed by atoms with Crippen LogP contribution < -0.4 is 11.1 Å². The molecule has 0 saturated heterocycles. The van der Waals surface area contributed by atoms with Crippen molar-refractivity contribution >= 4 is 32.7 Å². The first-order chi connectivity index (χ1) is 9.80. The van der Waals surface area contributed by atoms with Crippen LogP contribution in [0.2, 0.25) is 0 Å². The SMILES string of the molecule is Cc1csc(CNc2ccc(S(=O)(=O)N(C)C)cc2N)n1. The summed E-state index contributed by atoms with van der Waals surface area (Å²) in [6, 6.07) is 4.68. The van der Waals surface area contributed by atoms with Crippen molar-refractivity contribution in [2.45, 2.75) is 18.4 Å². The van der Waals surface area contributed by atoms with E-state index in [2.05, 4.69) is 10.3 Å². The van der Waals surface area contributed by atoms with Crippen molar-refractivity contribution in [2.24, 2.45) is 0 Å².